The Labute approximate surface area is 154 Å². The fraction of sp³-hybridized carbons (Fsp3) is 0.211. The van der Waals surface area contributed by atoms with Crippen LogP contribution in [0.1, 0.15) is 12.0 Å². The summed E-state index contributed by atoms with van der Waals surface area (Å²) in [5, 5.41) is 11.6. The third-order valence-electron chi connectivity index (χ3n) is 4.32. The molecule has 0 bridgehead atoms. The van der Waals surface area contributed by atoms with Crippen molar-refractivity contribution in [3.8, 4) is 0 Å². The second kappa shape index (κ2) is 7.77. The van der Waals surface area contributed by atoms with Crippen LogP contribution in [0, 0.1) is 10.1 Å². The molecule has 0 N–H and O–H groups in total. The van der Waals surface area contributed by atoms with Crippen molar-refractivity contribution in [3.05, 3.63) is 80.9 Å². The Morgan fingerprint density at radius 3 is 2.67 bits per heavy atom. The van der Waals surface area contributed by atoms with Gasteiger partial charge in [0, 0.05) is 31.6 Å². The molecule has 3 aromatic rings. The quantitative estimate of drug-likeness (QED) is 0.493. The summed E-state index contributed by atoms with van der Waals surface area (Å²) >= 11 is 0. The summed E-state index contributed by atoms with van der Waals surface area (Å²) < 4.78 is 1.40. The standard InChI is InChI=1S/C19H18N4O4/c1-21(12-14-6-2-5-9-17(14)23(26)27)18(24)10-11-22-13-20-16-8-4-3-7-15(16)19(22)25/h2-9,13H,10-12H2,1H3. The SMILES string of the molecule is CN(Cc1ccccc1[N+](=O)[O-])C(=O)CCn1cnc2ccccc2c1=O. The zero-order valence-corrected chi connectivity index (χ0v) is 14.7. The molecule has 1 heterocycles. The number of hydrogen-bond donors (Lipinski definition) is 0. The number of benzene rings is 2. The van der Waals surface area contributed by atoms with Crippen LogP contribution >= 0.6 is 0 Å². The molecule has 3 rings (SSSR count). The molecule has 138 valence electrons. The highest BCUT2D eigenvalue weighted by Gasteiger charge is 2.17. The van der Waals surface area contributed by atoms with Gasteiger partial charge in [-0.2, -0.15) is 0 Å². The minimum absolute atomic E-state index is 0.0212. The lowest BCUT2D eigenvalue weighted by molar-refractivity contribution is -0.385. The van der Waals surface area contributed by atoms with E-state index in [0.717, 1.165) is 0 Å². The molecule has 1 amide bonds. The van der Waals surface area contributed by atoms with Crippen molar-refractivity contribution in [1.29, 1.82) is 0 Å². The summed E-state index contributed by atoms with van der Waals surface area (Å²) in [5.41, 5.74) is 0.850. The number of amides is 1. The predicted molar refractivity (Wildman–Crippen MR) is 100 cm³/mol. The minimum Gasteiger partial charge on any atom is -0.341 e. The van der Waals surface area contributed by atoms with Gasteiger partial charge in [-0.3, -0.25) is 24.3 Å². The molecular weight excluding hydrogens is 348 g/mol. The van der Waals surface area contributed by atoms with E-state index in [9.17, 15) is 19.7 Å². The molecule has 0 spiro atoms. The van der Waals surface area contributed by atoms with Gasteiger partial charge >= 0.3 is 0 Å². The van der Waals surface area contributed by atoms with Gasteiger partial charge in [-0.1, -0.05) is 30.3 Å². The predicted octanol–water partition coefficient (Wildman–Crippen LogP) is 2.35. The van der Waals surface area contributed by atoms with Crippen LogP contribution in [0.4, 0.5) is 5.69 Å². The number of rotatable bonds is 6. The van der Waals surface area contributed by atoms with Crippen LogP contribution in [0.2, 0.25) is 0 Å². The molecule has 0 aliphatic heterocycles. The van der Waals surface area contributed by atoms with E-state index >= 15 is 0 Å². The van der Waals surface area contributed by atoms with Crippen molar-refractivity contribution in [1.82, 2.24) is 14.5 Å². The lowest BCUT2D eigenvalue weighted by Gasteiger charge is -2.17. The lowest BCUT2D eigenvalue weighted by atomic mass is 10.1. The van der Waals surface area contributed by atoms with Gasteiger partial charge in [0.05, 0.1) is 28.7 Å². The first-order chi connectivity index (χ1) is 13.0. The monoisotopic (exact) mass is 366 g/mol. The van der Waals surface area contributed by atoms with Gasteiger partial charge in [0.2, 0.25) is 5.91 Å². The molecule has 0 fully saturated rings. The fourth-order valence-corrected chi connectivity index (χ4v) is 2.84. The van der Waals surface area contributed by atoms with Gasteiger partial charge in [0.25, 0.3) is 11.2 Å². The zero-order valence-electron chi connectivity index (χ0n) is 14.7. The number of aryl methyl sites for hydroxylation is 1. The first-order valence-corrected chi connectivity index (χ1v) is 8.38. The third kappa shape index (κ3) is 4.00. The summed E-state index contributed by atoms with van der Waals surface area (Å²) in [6, 6.07) is 13.3. The average molecular weight is 366 g/mol. The summed E-state index contributed by atoms with van der Waals surface area (Å²) in [4.78, 5) is 41.1. The molecule has 0 radical (unpaired) electrons. The fourth-order valence-electron chi connectivity index (χ4n) is 2.84. The largest absolute Gasteiger partial charge is 0.341 e. The molecule has 0 saturated heterocycles. The third-order valence-corrected chi connectivity index (χ3v) is 4.32. The molecule has 1 aromatic heterocycles. The van der Waals surface area contributed by atoms with Gasteiger partial charge in [0.1, 0.15) is 0 Å². The number of carbonyl (C=O) groups is 1. The Hall–Kier alpha value is -3.55. The molecule has 0 atom stereocenters. The Morgan fingerprint density at radius 1 is 1.19 bits per heavy atom. The van der Waals surface area contributed by atoms with Crippen LogP contribution in [0.5, 0.6) is 0 Å². The van der Waals surface area contributed by atoms with E-state index in [-0.39, 0.29) is 36.7 Å². The Morgan fingerprint density at radius 2 is 1.89 bits per heavy atom. The Bertz CT molecular complexity index is 1060. The van der Waals surface area contributed by atoms with E-state index in [0.29, 0.717) is 16.5 Å². The minimum atomic E-state index is -0.464. The molecule has 0 aliphatic rings. The van der Waals surface area contributed by atoms with Crippen molar-refractivity contribution in [2.24, 2.45) is 0 Å². The molecule has 0 saturated carbocycles. The first kappa shape index (κ1) is 18.2. The van der Waals surface area contributed by atoms with Crippen LogP contribution < -0.4 is 5.56 Å². The molecule has 27 heavy (non-hydrogen) atoms. The summed E-state index contributed by atoms with van der Waals surface area (Å²) in [6.45, 7) is 0.317. The van der Waals surface area contributed by atoms with Crippen molar-refractivity contribution in [2.75, 3.05) is 7.05 Å². The number of nitro groups is 1. The van der Waals surface area contributed by atoms with Crippen molar-refractivity contribution >= 4 is 22.5 Å². The van der Waals surface area contributed by atoms with Crippen molar-refractivity contribution in [3.63, 3.8) is 0 Å². The van der Waals surface area contributed by atoms with Crippen LogP contribution in [-0.4, -0.2) is 32.3 Å². The van der Waals surface area contributed by atoms with E-state index in [2.05, 4.69) is 4.98 Å². The highest BCUT2D eigenvalue weighted by molar-refractivity contribution is 5.77. The van der Waals surface area contributed by atoms with Crippen LogP contribution in [0.15, 0.2) is 59.7 Å². The van der Waals surface area contributed by atoms with E-state index in [4.69, 9.17) is 0 Å². The maximum atomic E-state index is 12.4. The lowest BCUT2D eigenvalue weighted by Crippen LogP contribution is -2.29. The molecule has 2 aromatic carbocycles. The summed E-state index contributed by atoms with van der Waals surface area (Å²) in [7, 11) is 1.58. The number of aromatic nitrogens is 2. The summed E-state index contributed by atoms with van der Waals surface area (Å²) in [5.74, 6) is -0.215. The van der Waals surface area contributed by atoms with Crippen molar-refractivity contribution < 1.29 is 9.72 Å². The Kier molecular flexibility index (Phi) is 5.25. The number of fused-ring (bicyclic) bond motifs is 1. The molecule has 0 unspecified atom stereocenters. The topological polar surface area (TPSA) is 98.3 Å². The molecular formula is C19H18N4O4. The van der Waals surface area contributed by atoms with E-state index in [1.165, 1.54) is 21.9 Å². The number of nitro benzene ring substituents is 1. The van der Waals surface area contributed by atoms with Crippen LogP contribution in [0.3, 0.4) is 0 Å². The van der Waals surface area contributed by atoms with E-state index in [1.807, 2.05) is 0 Å². The first-order valence-electron chi connectivity index (χ1n) is 8.38. The maximum absolute atomic E-state index is 12.4. The number of hydrogen-bond acceptors (Lipinski definition) is 5. The van der Waals surface area contributed by atoms with Gasteiger partial charge in [0.15, 0.2) is 0 Å². The maximum Gasteiger partial charge on any atom is 0.274 e. The number of nitrogens with zero attached hydrogens (tertiary/aromatic N) is 4. The van der Waals surface area contributed by atoms with Gasteiger partial charge in [-0.05, 0) is 12.1 Å². The van der Waals surface area contributed by atoms with Crippen LogP contribution in [-0.2, 0) is 17.9 Å². The Balaban J connectivity index is 1.68. The number of para-hydroxylation sites is 2. The average Bonchev–Trinajstić information content (AvgIpc) is 2.67. The van der Waals surface area contributed by atoms with Crippen LogP contribution in [0.25, 0.3) is 10.9 Å². The van der Waals surface area contributed by atoms with Gasteiger partial charge in [-0.25, -0.2) is 4.98 Å². The molecule has 8 heteroatoms. The highest BCUT2D eigenvalue weighted by Crippen LogP contribution is 2.19. The second-order valence-corrected chi connectivity index (χ2v) is 6.15. The van der Waals surface area contributed by atoms with E-state index in [1.54, 1.807) is 49.5 Å². The molecule has 8 nitrogen and oxygen atoms in total. The number of carbonyl (C=O) groups excluding carboxylic acids is 1. The second-order valence-electron chi connectivity index (χ2n) is 6.15. The molecule has 0 aliphatic carbocycles. The summed E-state index contributed by atoms with van der Waals surface area (Å²) in [6.07, 6.45) is 1.52. The highest BCUT2D eigenvalue weighted by atomic mass is 16.6. The normalized spacial score (nSPS) is 10.7. The van der Waals surface area contributed by atoms with Crippen molar-refractivity contribution in [2.45, 2.75) is 19.5 Å². The van der Waals surface area contributed by atoms with Gasteiger partial charge < -0.3 is 4.90 Å². The van der Waals surface area contributed by atoms with Gasteiger partial charge in [-0.15, -0.1) is 0 Å². The zero-order chi connectivity index (χ0) is 19.4. The van der Waals surface area contributed by atoms with E-state index < -0.39 is 4.92 Å². The smallest absolute Gasteiger partial charge is 0.274 e.